The largest absolute Gasteiger partial charge is 0.336 e. The standard InChI is InChI=1S/C16H29N2O5S/c1-15(2)9-13(10-16(3,4)18(15)20)17(12-7-5-6-8-12)14(19)11-24(21,22)23/h12-13H,5-11H2,1-4H3,(H,21,22,23). The van der Waals surface area contributed by atoms with Crippen molar-refractivity contribution < 1.29 is 23.0 Å². The zero-order chi connectivity index (χ0) is 18.3. The van der Waals surface area contributed by atoms with E-state index in [0.29, 0.717) is 12.8 Å². The number of amides is 1. The highest BCUT2D eigenvalue weighted by Gasteiger charge is 2.49. The lowest BCUT2D eigenvalue weighted by molar-refractivity contribution is -0.294. The first-order chi connectivity index (χ1) is 10.8. The first kappa shape index (κ1) is 19.6. The summed E-state index contributed by atoms with van der Waals surface area (Å²) in [7, 11) is -4.37. The summed E-state index contributed by atoms with van der Waals surface area (Å²) in [4.78, 5) is 14.3. The molecule has 0 atom stereocenters. The van der Waals surface area contributed by atoms with Crippen LogP contribution in [0, 0.1) is 0 Å². The van der Waals surface area contributed by atoms with Gasteiger partial charge in [-0.3, -0.25) is 9.35 Å². The lowest BCUT2D eigenvalue weighted by Crippen LogP contribution is -2.64. The third kappa shape index (κ3) is 4.28. The molecule has 139 valence electrons. The molecule has 1 radical (unpaired) electrons. The van der Waals surface area contributed by atoms with Gasteiger partial charge < -0.3 is 4.90 Å². The second-order valence-electron chi connectivity index (χ2n) is 8.45. The number of piperidine rings is 1. The van der Waals surface area contributed by atoms with Gasteiger partial charge in [0.2, 0.25) is 5.91 Å². The van der Waals surface area contributed by atoms with Crippen LogP contribution in [0.1, 0.15) is 66.2 Å². The molecule has 1 aliphatic carbocycles. The number of carbonyl (C=O) groups excluding carboxylic acids is 1. The van der Waals surface area contributed by atoms with Crippen molar-refractivity contribution in [2.24, 2.45) is 0 Å². The molecule has 0 spiro atoms. The number of hydrogen-bond donors (Lipinski definition) is 1. The highest BCUT2D eigenvalue weighted by Crippen LogP contribution is 2.41. The van der Waals surface area contributed by atoms with Gasteiger partial charge in [0, 0.05) is 23.2 Å². The van der Waals surface area contributed by atoms with Gasteiger partial charge in [-0.2, -0.15) is 8.42 Å². The van der Waals surface area contributed by atoms with Gasteiger partial charge in [-0.25, -0.2) is 0 Å². The molecule has 0 aromatic carbocycles. The summed E-state index contributed by atoms with van der Waals surface area (Å²) >= 11 is 0. The van der Waals surface area contributed by atoms with Crippen LogP contribution in [0.2, 0.25) is 0 Å². The van der Waals surface area contributed by atoms with E-state index in [9.17, 15) is 18.4 Å². The van der Waals surface area contributed by atoms with Crippen molar-refractivity contribution in [3.05, 3.63) is 0 Å². The Morgan fingerprint density at radius 2 is 1.54 bits per heavy atom. The summed E-state index contributed by atoms with van der Waals surface area (Å²) in [5, 5.41) is 13.6. The molecule has 0 bridgehead atoms. The predicted octanol–water partition coefficient (Wildman–Crippen LogP) is 2.01. The fourth-order valence-corrected chi connectivity index (χ4v) is 4.99. The van der Waals surface area contributed by atoms with Crippen LogP contribution < -0.4 is 0 Å². The third-order valence-electron chi connectivity index (χ3n) is 5.28. The average molecular weight is 361 g/mol. The maximum Gasteiger partial charge on any atom is 0.274 e. The molecule has 24 heavy (non-hydrogen) atoms. The topological polar surface area (TPSA) is 97.8 Å². The molecule has 0 aromatic rings. The molecule has 8 heteroatoms. The van der Waals surface area contributed by atoms with Crippen molar-refractivity contribution in [1.82, 2.24) is 9.96 Å². The smallest absolute Gasteiger partial charge is 0.274 e. The van der Waals surface area contributed by atoms with Crippen molar-refractivity contribution in [1.29, 1.82) is 0 Å². The average Bonchev–Trinajstić information content (AvgIpc) is 2.87. The second-order valence-corrected chi connectivity index (χ2v) is 9.90. The van der Waals surface area contributed by atoms with Gasteiger partial charge in [0.15, 0.2) is 5.75 Å². The lowest BCUT2D eigenvalue weighted by Gasteiger charge is -2.53. The van der Waals surface area contributed by atoms with E-state index in [4.69, 9.17) is 4.55 Å². The molecule has 2 fully saturated rings. The van der Waals surface area contributed by atoms with Crippen molar-refractivity contribution in [2.45, 2.75) is 89.4 Å². The van der Waals surface area contributed by atoms with Crippen LogP contribution in [0.25, 0.3) is 0 Å². The Hall–Kier alpha value is -0.700. The quantitative estimate of drug-likeness (QED) is 0.773. The Labute approximate surface area is 144 Å². The molecule has 0 aromatic heterocycles. The van der Waals surface area contributed by atoms with Gasteiger partial charge in [-0.1, -0.05) is 12.8 Å². The molecule has 1 saturated carbocycles. The van der Waals surface area contributed by atoms with Crippen LogP contribution in [0.5, 0.6) is 0 Å². The predicted molar refractivity (Wildman–Crippen MR) is 89.2 cm³/mol. The molecule has 7 nitrogen and oxygen atoms in total. The van der Waals surface area contributed by atoms with Gasteiger partial charge >= 0.3 is 0 Å². The van der Waals surface area contributed by atoms with Crippen LogP contribution in [-0.2, 0) is 20.1 Å². The number of rotatable bonds is 4. The fourth-order valence-electron chi connectivity index (χ4n) is 4.53. The van der Waals surface area contributed by atoms with E-state index in [0.717, 1.165) is 30.7 Å². The Morgan fingerprint density at radius 3 is 1.96 bits per heavy atom. The zero-order valence-corrected chi connectivity index (χ0v) is 15.8. The molecular formula is C16H29N2O5S. The molecule has 1 heterocycles. The van der Waals surface area contributed by atoms with Gasteiger partial charge in [0.1, 0.15) is 0 Å². The lowest BCUT2D eigenvalue weighted by atomic mass is 9.78. The monoisotopic (exact) mass is 361 g/mol. The van der Waals surface area contributed by atoms with Crippen LogP contribution >= 0.6 is 0 Å². The van der Waals surface area contributed by atoms with Gasteiger partial charge in [0.25, 0.3) is 10.1 Å². The highest BCUT2D eigenvalue weighted by molar-refractivity contribution is 7.86. The number of nitrogens with zero attached hydrogens (tertiary/aromatic N) is 2. The first-order valence-corrected chi connectivity index (χ1v) is 10.2. The molecule has 1 amide bonds. The van der Waals surface area contributed by atoms with E-state index in [1.807, 2.05) is 27.7 Å². The number of hydrogen-bond acceptors (Lipinski definition) is 4. The highest BCUT2D eigenvalue weighted by atomic mass is 32.2. The normalized spacial score (nSPS) is 25.8. The SMILES string of the molecule is CC1(C)CC(N(C(=O)CS(=O)(=O)O)C2CCCC2)CC(C)(C)N1[O]. The summed E-state index contributed by atoms with van der Waals surface area (Å²) in [5.74, 6) is -1.44. The Bertz CT molecular complexity index is 563. The van der Waals surface area contributed by atoms with E-state index in [1.54, 1.807) is 4.90 Å². The minimum Gasteiger partial charge on any atom is -0.336 e. The second kappa shape index (κ2) is 6.55. The van der Waals surface area contributed by atoms with Crippen LogP contribution in [0.3, 0.4) is 0 Å². The van der Waals surface area contributed by atoms with Gasteiger partial charge in [-0.15, -0.1) is 10.3 Å². The Morgan fingerprint density at radius 1 is 1.08 bits per heavy atom. The molecule has 1 aliphatic heterocycles. The molecule has 1 saturated heterocycles. The molecule has 0 unspecified atom stereocenters. The van der Waals surface area contributed by atoms with E-state index >= 15 is 0 Å². The van der Waals surface area contributed by atoms with Crippen molar-refractivity contribution in [3.63, 3.8) is 0 Å². The van der Waals surface area contributed by atoms with Gasteiger partial charge in [-0.05, 0) is 53.4 Å². The minimum absolute atomic E-state index is 0.00551. The number of carbonyl (C=O) groups is 1. The summed E-state index contributed by atoms with van der Waals surface area (Å²) in [6, 6.07) is -0.202. The maximum atomic E-state index is 12.6. The van der Waals surface area contributed by atoms with Crippen LogP contribution in [0.15, 0.2) is 0 Å². The van der Waals surface area contributed by atoms with Crippen LogP contribution in [0.4, 0.5) is 0 Å². The van der Waals surface area contributed by atoms with E-state index in [1.165, 1.54) is 0 Å². The minimum atomic E-state index is -4.37. The summed E-state index contributed by atoms with van der Waals surface area (Å²) < 4.78 is 31.5. The fraction of sp³-hybridized carbons (Fsp3) is 0.938. The summed E-state index contributed by atoms with van der Waals surface area (Å²) in [6.07, 6.45) is 4.69. The Kier molecular flexibility index (Phi) is 5.36. The first-order valence-electron chi connectivity index (χ1n) is 8.57. The molecule has 2 rings (SSSR count). The molecule has 2 aliphatic rings. The summed E-state index contributed by atoms with van der Waals surface area (Å²) in [6.45, 7) is 7.42. The van der Waals surface area contributed by atoms with Crippen LogP contribution in [-0.4, -0.2) is 57.8 Å². The van der Waals surface area contributed by atoms with Crippen molar-refractivity contribution >= 4 is 16.0 Å². The Balaban J connectivity index is 2.31. The molecule has 1 N–H and O–H groups in total. The summed E-state index contributed by atoms with van der Waals surface area (Å²) in [5.41, 5.74) is -1.27. The van der Waals surface area contributed by atoms with Gasteiger partial charge in [0.05, 0.1) is 0 Å². The van der Waals surface area contributed by atoms with E-state index < -0.39 is 32.9 Å². The molecular weight excluding hydrogens is 332 g/mol. The van der Waals surface area contributed by atoms with Crippen molar-refractivity contribution in [3.8, 4) is 0 Å². The maximum absolute atomic E-state index is 12.6. The third-order valence-corrected chi connectivity index (χ3v) is 5.89. The van der Waals surface area contributed by atoms with Crippen molar-refractivity contribution in [2.75, 3.05) is 5.75 Å². The number of hydroxylamine groups is 2. The van der Waals surface area contributed by atoms with E-state index in [2.05, 4.69) is 0 Å². The van der Waals surface area contributed by atoms with E-state index in [-0.39, 0.29) is 12.1 Å². The zero-order valence-electron chi connectivity index (χ0n) is 15.0.